The first-order valence-corrected chi connectivity index (χ1v) is 13.6. The standard InChI is InChI=1S/C26H24ClFN4O4S2/c1-14-5-10-19(27)20(11-14)36-15(2)23-30-31-26(32(23)3)38-13-21(33)29-24-22(25(34)35-4)18(12-37-24)16-6-8-17(28)9-7-16/h5-12,15H,13H2,1-4H3,(H,29,33). The highest BCUT2D eigenvalue weighted by Gasteiger charge is 2.23. The number of anilines is 1. The van der Waals surface area contributed by atoms with Gasteiger partial charge in [0.25, 0.3) is 0 Å². The number of ether oxygens (including phenoxy) is 2. The fraction of sp³-hybridized carbons (Fsp3) is 0.231. The summed E-state index contributed by atoms with van der Waals surface area (Å²) in [7, 11) is 3.05. The number of hydrogen-bond donors (Lipinski definition) is 1. The van der Waals surface area contributed by atoms with Gasteiger partial charge < -0.3 is 19.4 Å². The lowest BCUT2D eigenvalue weighted by molar-refractivity contribution is -0.113. The van der Waals surface area contributed by atoms with E-state index in [2.05, 4.69) is 15.5 Å². The third kappa shape index (κ3) is 6.17. The maximum atomic E-state index is 13.4. The van der Waals surface area contributed by atoms with E-state index < -0.39 is 12.1 Å². The molecule has 0 spiro atoms. The molecule has 0 saturated carbocycles. The molecule has 12 heteroatoms. The van der Waals surface area contributed by atoms with Crippen molar-refractivity contribution in [3.8, 4) is 16.9 Å². The number of rotatable bonds is 9. The molecule has 0 aliphatic rings. The molecule has 38 heavy (non-hydrogen) atoms. The van der Waals surface area contributed by atoms with Gasteiger partial charge in [-0.2, -0.15) is 0 Å². The zero-order chi connectivity index (χ0) is 27.4. The minimum Gasteiger partial charge on any atom is -0.481 e. The number of carbonyl (C=O) groups excluding carboxylic acids is 2. The molecule has 1 N–H and O–H groups in total. The van der Waals surface area contributed by atoms with E-state index in [1.807, 2.05) is 26.0 Å². The SMILES string of the molecule is COC(=O)c1c(-c2ccc(F)cc2)csc1NC(=O)CSc1nnc(C(C)Oc2cc(C)ccc2Cl)n1C. The van der Waals surface area contributed by atoms with Crippen molar-refractivity contribution in [1.82, 2.24) is 14.8 Å². The second kappa shape index (κ2) is 12.0. The molecule has 0 fully saturated rings. The Balaban J connectivity index is 1.43. The van der Waals surface area contributed by atoms with Crippen molar-refractivity contribution < 1.29 is 23.5 Å². The summed E-state index contributed by atoms with van der Waals surface area (Å²) in [6.45, 7) is 3.79. The number of nitrogens with one attached hydrogen (secondary N) is 1. The van der Waals surface area contributed by atoms with Gasteiger partial charge in [-0.15, -0.1) is 21.5 Å². The van der Waals surface area contributed by atoms with Crippen LogP contribution in [0.15, 0.2) is 53.0 Å². The second-order valence-corrected chi connectivity index (χ2v) is 10.5. The molecule has 4 rings (SSSR count). The van der Waals surface area contributed by atoms with Crippen LogP contribution in [0.25, 0.3) is 11.1 Å². The Morgan fingerprint density at radius 3 is 2.66 bits per heavy atom. The number of benzene rings is 2. The molecule has 1 amide bonds. The third-order valence-corrected chi connectivity index (χ3v) is 7.77. The van der Waals surface area contributed by atoms with Crippen LogP contribution in [0.4, 0.5) is 9.39 Å². The number of aromatic nitrogens is 3. The smallest absolute Gasteiger partial charge is 0.341 e. The van der Waals surface area contributed by atoms with Crippen molar-refractivity contribution in [1.29, 1.82) is 0 Å². The summed E-state index contributed by atoms with van der Waals surface area (Å²) in [5.41, 5.74) is 2.41. The monoisotopic (exact) mass is 574 g/mol. The van der Waals surface area contributed by atoms with Crippen LogP contribution in [-0.2, 0) is 16.6 Å². The molecule has 0 aliphatic carbocycles. The van der Waals surface area contributed by atoms with Gasteiger partial charge in [0, 0.05) is 18.0 Å². The Morgan fingerprint density at radius 1 is 1.21 bits per heavy atom. The van der Waals surface area contributed by atoms with Gasteiger partial charge in [0.1, 0.15) is 22.1 Å². The first kappa shape index (κ1) is 27.6. The fourth-order valence-electron chi connectivity index (χ4n) is 3.64. The van der Waals surface area contributed by atoms with Gasteiger partial charge in [-0.1, -0.05) is 41.6 Å². The number of thioether (sulfide) groups is 1. The first-order valence-electron chi connectivity index (χ1n) is 11.4. The topological polar surface area (TPSA) is 95.3 Å². The molecule has 8 nitrogen and oxygen atoms in total. The molecule has 0 radical (unpaired) electrons. The van der Waals surface area contributed by atoms with Gasteiger partial charge in [0.15, 0.2) is 17.1 Å². The van der Waals surface area contributed by atoms with Crippen molar-refractivity contribution in [3.63, 3.8) is 0 Å². The molecule has 2 heterocycles. The average Bonchev–Trinajstić information content (AvgIpc) is 3.48. The van der Waals surface area contributed by atoms with E-state index in [4.69, 9.17) is 21.1 Å². The van der Waals surface area contributed by atoms with Crippen molar-refractivity contribution in [2.24, 2.45) is 7.05 Å². The number of amides is 1. The number of methoxy groups -OCH3 is 1. The summed E-state index contributed by atoms with van der Waals surface area (Å²) in [4.78, 5) is 25.3. The zero-order valence-corrected chi connectivity index (χ0v) is 23.3. The highest BCUT2D eigenvalue weighted by molar-refractivity contribution is 7.99. The van der Waals surface area contributed by atoms with E-state index in [0.29, 0.717) is 37.9 Å². The number of nitrogens with zero attached hydrogens (tertiary/aromatic N) is 3. The minimum absolute atomic E-state index is 0.0231. The predicted molar refractivity (Wildman–Crippen MR) is 147 cm³/mol. The van der Waals surface area contributed by atoms with Crippen LogP contribution in [0.3, 0.4) is 0 Å². The average molecular weight is 575 g/mol. The lowest BCUT2D eigenvalue weighted by Crippen LogP contribution is -2.16. The van der Waals surface area contributed by atoms with Crippen LogP contribution in [0, 0.1) is 12.7 Å². The van der Waals surface area contributed by atoms with Crippen molar-refractivity contribution in [2.45, 2.75) is 25.1 Å². The molecule has 4 aromatic rings. The summed E-state index contributed by atoms with van der Waals surface area (Å²) in [6, 6.07) is 11.3. The van der Waals surface area contributed by atoms with E-state index in [0.717, 1.165) is 5.56 Å². The zero-order valence-electron chi connectivity index (χ0n) is 21.0. The van der Waals surface area contributed by atoms with Gasteiger partial charge >= 0.3 is 5.97 Å². The molecule has 1 unspecified atom stereocenters. The summed E-state index contributed by atoms with van der Waals surface area (Å²) in [5, 5.41) is 14.3. The van der Waals surface area contributed by atoms with Crippen molar-refractivity contribution >= 4 is 51.6 Å². The molecule has 198 valence electrons. The number of halogens is 2. The molecule has 0 saturated heterocycles. The summed E-state index contributed by atoms with van der Waals surface area (Å²) in [6.07, 6.45) is -0.436. The maximum absolute atomic E-state index is 13.4. The maximum Gasteiger partial charge on any atom is 0.341 e. The van der Waals surface area contributed by atoms with Crippen LogP contribution in [0.1, 0.15) is 34.8 Å². The van der Waals surface area contributed by atoms with E-state index in [9.17, 15) is 14.0 Å². The minimum atomic E-state index is -0.603. The lowest BCUT2D eigenvalue weighted by Gasteiger charge is -2.15. The van der Waals surface area contributed by atoms with E-state index >= 15 is 0 Å². The molecular formula is C26H24ClFN4O4S2. The molecule has 0 aliphatic heterocycles. The summed E-state index contributed by atoms with van der Waals surface area (Å²) >= 11 is 8.63. The Kier molecular flexibility index (Phi) is 8.70. The number of carbonyl (C=O) groups is 2. The second-order valence-electron chi connectivity index (χ2n) is 8.28. The van der Waals surface area contributed by atoms with Crippen molar-refractivity contribution in [3.05, 3.63) is 75.6 Å². The number of aryl methyl sites for hydroxylation is 1. The Bertz CT molecular complexity index is 1470. The molecule has 1 atom stereocenters. The largest absolute Gasteiger partial charge is 0.481 e. The summed E-state index contributed by atoms with van der Waals surface area (Å²) < 4.78 is 26.0. The number of esters is 1. The van der Waals surface area contributed by atoms with Gasteiger partial charge in [0.05, 0.1) is 17.9 Å². The molecule has 0 bridgehead atoms. The van der Waals surface area contributed by atoms with Crippen LogP contribution < -0.4 is 10.1 Å². The quantitative estimate of drug-likeness (QED) is 0.185. The third-order valence-electron chi connectivity index (χ3n) is 5.54. The Hall–Kier alpha value is -3.41. The van der Waals surface area contributed by atoms with Crippen LogP contribution in [-0.4, -0.2) is 39.5 Å². The lowest BCUT2D eigenvalue weighted by atomic mass is 10.0. The van der Waals surface area contributed by atoms with Gasteiger partial charge in [-0.25, -0.2) is 9.18 Å². The number of thiophene rings is 1. The fourth-order valence-corrected chi connectivity index (χ4v) is 5.49. The summed E-state index contributed by atoms with van der Waals surface area (Å²) in [5.74, 6) is -0.188. The number of hydrogen-bond acceptors (Lipinski definition) is 8. The van der Waals surface area contributed by atoms with Gasteiger partial charge in [-0.3, -0.25) is 4.79 Å². The Labute approximate surface area is 232 Å². The van der Waals surface area contributed by atoms with E-state index in [1.54, 1.807) is 35.2 Å². The van der Waals surface area contributed by atoms with Gasteiger partial charge in [0.2, 0.25) is 5.91 Å². The normalized spacial score (nSPS) is 11.7. The van der Waals surface area contributed by atoms with Crippen molar-refractivity contribution in [2.75, 3.05) is 18.2 Å². The molecular weight excluding hydrogens is 551 g/mol. The molecule has 2 aromatic carbocycles. The first-order chi connectivity index (χ1) is 18.2. The molecule has 2 aromatic heterocycles. The van der Waals surface area contributed by atoms with E-state index in [-0.39, 0.29) is 23.0 Å². The van der Waals surface area contributed by atoms with Gasteiger partial charge in [-0.05, 0) is 49.2 Å². The van der Waals surface area contributed by atoms with E-state index in [1.165, 1.54) is 42.3 Å². The highest BCUT2D eigenvalue weighted by atomic mass is 35.5. The highest BCUT2D eigenvalue weighted by Crippen LogP contribution is 2.36. The van der Waals surface area contributed by atoms with Crippen LogP contribution in [0.5, 0.6) is 5.75 Å². The Morgan fingerprint density at radius 2 is 1.95 bits per heavy atom. The van der Waals surface area contributed by atoms with Crippen LogP contribution >= 0.6 is 34.7 Å². The predicted octanol–water partition coefficient (Wildman–Crippen LogP) is 6.30. The van der Waals surface area contributed by atoms with Crippen LogP contribution in [0.2, 0.25) is 5.02 Å².